The number of rotatable bonds is 6. The second kappa shape index (κ2) is 6.94. The Kier molecular flexibility index (Phi) is 5.57. The van der Waals surface area contributed by atoms with Crippen molar-refractivity contribution in [3.05, 3.63) is 23.9 Å². The Hall–Kier alpha value is -1.82. The number of nitrogens with one attached hydrogen (secondary N) is 3. The zero-order chi connectivity index (χ0) is 14.3. The average molecular weight is 263 g/mol. The molecule has 6 heteroatoms. The molecule has 0 aliphatic rings. The predicted octanol–water partition coefficient (Wildman–Crippen LogP) is 2.25. The molecule has 0 saturated carbocycles. The lowest BCUT2D eigenvalue weighted by Gasteiger charge is -2.20. The van der Waals surface area contributed by atoms with E-state index in [1.165, 1.54) is 6.20 Å². The van der Waals surface area contributed by atoms with Gasteiger partial charge in [0, 0.05) is 18.3 Å². The zero-order valence-electron chi connectivity index (χ0n) is 11.7. The van der Waals surface area contributed by atoms with Crippen LogP contribution in [0.5, 0.6) is 0 Å². The van der Waals surface area contributed by atoms with E-state index in [1.54, 1.807) is 12.1 Å². The van der Waals surface area contributed by atoms with E-state index in [9.17, 15) is 4.79 Å². The molecule has 104 valence electrons. The maximum absolute atomic E-state index is 11.8. The Morgan fingerprint density at radius 1 is 1.37 bits per heavy atom. The highest BCUT2D eigenvalue weighted by molar-refractivity contribution is 5.93. The minimum Gasteiger partial charge on any atom is -0.352 e. The SMILES string of the molecule is CC(C)(C)NCCCNC(=O)c1ccc(N=N)nc1. The lowest BCUT2D eigenvalue weighted by atomic mass is 10.1. The first-order chi connectivity index (χ1) is 8.92. The number of pyridine rings is 1. The largest absolute Gasteiger partial charge is 0.352 e. The van der Waals surface area contributed by atoms with Crippen molar-refractivity contribution >= 4 is 11.7 Å². The van der Waals surface area contributed by atoms with E-state index < -0.39 is 0 Å². The summed E-state index contributed by atoms with van der Waals surface area (Å²) in [5.41, 5.74) is 7.37. The summed E-state index contributed by atoms with van der Waals surface area (Å²) in [7, 11) is 0. The van der Waals surface area contributed by atoms with Crippen LogP contribution in [-0.2, 0) is 0 Å². The van der Waals surface area contributed by atoms with Gasteiger partial charge in [-0.05, 0) is 45.9 Å². The average Bonchev–Trinajstić information content (AvgIpc) is 2.37. The van der Waals surface area contributed by atoms with Crippen LogP contribution in [0.4, 0.5) is 5.82 Å². The minimum absolute atomic E-state index is 0.101. The summed E-state index contributed by atoms with van der Waals surface area (Å²) in [5.74, 6) is 0.144. The van der Waals surface area contributed by atoms with Crippen LogP contribution in [0.15, 0.2) is 23.4 Å². The smallest absolute Gasteiger partial charge is 0.252 e. The second-order valence-electron chi connectivity index (χ2n) is 5.30. The van der Waals surface area contributed by atoms with Crippen LogP contribution in [0.25, 0.3) is 0 Å². The van der Waals surface area contributed by atoms with E-state index in [4.69, 9.17) is 5.53 Å². The molecule has 6 nitrogen and oxygen atoms in total. The van der Waals surface area contributed by atoms with Crippen LogP contribution in [0, 0.1) is 5.53 Å². The van der Waals surface area contributed by atoms with Crippen LogP contribution in [0.1, 0.15) is 37.6 Å². The number of hydrogen-bond donors (Lipinski definition) is 3. The summed E-state index contributed by atoms with van der Waals surface area (Å²) in [6.07, 6.45) is 2.30. The Morgan fingerprint density at radius 2 is 2.11 bits per heavy atom. The number of carbonyl (C=O) groups is 1. The summed E-state index contributed by atoms with van der Waals surface area (Å²) >= 11 is 0. The quantitative estimate of drug-likeness (QED) is 0.543. The van der Waals surface area contributed by atoms with E-state index in [-0.39, 0.29) is 11.4 Å². The predicted molar refractivity (Wildman–Crippen MR) is 73.8 cm³/mol. The fourth-order valence-corrected chi connectivity index (χ4v) is 1.44. The Morgan fingerprint density at radius 3 is 2.63 bits per heavy atom. The van der Waals surface area contributed by atoms with Gasteiger partial charge in [-0.1, -0.05) is 0 Å². The van der Waals surface area contributed by atoms with E-state index in [0.717, 1.165) is 13.0 Å². The minimum atomic E-state index is -0.153. The van der Waals surface area contributed by atoms with Crippen molar-refractivity contribution in [1.29, 1.82) is 5.53 Å². The first-order valence-corrected chi connectivity index (χ1v) is 6.29. The van der Waals surface area contributed by atoms with Crippen molar-refractivity contribution in [2.24, 2.45) is 5.11 Å². The summed E-state index contributed by atoms with van der Waals surface area (Å²) in [5, 5.41) is 9.36. The first-order valence-electron chi connectivity index (χ1n) is 6.29. The van der Waals surface area contributed by atoms with Gasteiger partial charge in [-0.25, -0.2) is 10.5 Å². The molecule has 3 N–H and O–H groups in total. The molecule has 0 aromatic carbocycles. The molecule has 1 rings (SSSR count). The molecule has 1 amide bonds. The van der Waals surface area contributed by atoms with Crippen molar-refractivity contribution in [2.75, 3.05) is 13.1 Å². The maximum Gasteiger partial charge on any atom is 0.252 e. The molecule has 0 unspecified atom stereocenters. The monoisotopic (exact) mass is 263 g/mol. The van der Waals surface area contributed by atoms with Gasteiger partial charge < -0.3 is 10.6 Å². The number of hydrogen-bond acceptors (Lipinski definition) is 5. The molecule has 1 aromatic heterocycles. The van der Waals surface area contributed by atoms with Crippen molar-refractivity contribution in [3.8, 4) is 0 Å². The van der Waals surface area contributed by atoms with E-state index in [1.807, 2.05) is 0 Å². The molecule has 0 aliphatic carbocycles. The van der Waals surface area contributed by atoms with Crippen molar-refractivity contribution in [3.63, 3.8) is 0 Å². The van der Waals surface area contributed by atoms with Gasteiger partial charge >= 0.3 is 0 Å². The van der Waals surface area contributed by atoms with E-state index >= 15 is 0 Å². The number of nitrogens with zero attached hydrogens (tertiary/aromatic N) is 2. The van der Waals surface area contributed by atoms with Crippen molar-refractivity contribution in [1.82, 2.24) is 15.6 Å². The van der Waals surface area contributed by atoms with Gasteiger partial charge in [-0.15, -0.1) is 5.11 Å². The van der Waals surface area contributed by atoms with Crippen LogP contribution >= 0.6 is 0 Å². The van der Waals surface area contributed by atoms with Crippen molar-refractivity contribution in [2.45, 2.75) is 32.7 Å². The van der Waals surface area contributed by atoms with Crippen LogP contribution < -0.4 is 10.6 Å². The van der Waals surface area contributed by atoms with Gasteiger partial charge in [0.2, 0.25) is 0 Å². The third kappa shape index (κ3) is 6.05. The highest BCUT2D eigenvalue weighted by Crippen LogP contribution is 2.07. The molecule has 0 bridgehead atoms. The molecule has 1 aromatic rings. The highest BCUT2D eigenvalue weighted by Gasteiger charge is 2.08. The summed E-state index contributed by atoms with van der Waals surface area (Å²) in [4.78, 5) is 15.6. The third-order valence-electron chi connectivity index (χ3n) is 2.42. The fourth-order valence-electron chi connectivity index (χ4n) is 1.44. The van der Waals surface area contributed by atoms with Gasteiger partial charge in [0.15, 0.2) is 5.82 Å². The molecule has 1 heterocycles. The lowest BCUT2D eigenvalue weighted by molar-refractivity contribution is 0.0953. The molecule has 19 heavy (non-hydrogen) atoms. The fraction of sp³-hybridized carbons (Fsp3) is 0.538. The second-order valence-corrected chi connectivity index (χ2v) is 5.30. The van der Waals surface area contributed by atoms with E-state index in [0.29, 0.717) is 17.9 Å². The summed E-state index contributed by atoms with van der Waals surface area (Å²) in [6.45, 7) is 7.80. The van der Waals surface area contributed by atoms with E-state index in [2.05, 4.69) is 41.5 Å². The van der Waals surface area contributed by atoms with Gasteiger partial charge in [-0.2, -0.15) is 0 Å². The molecular formula is C13H21N5O. The summed E-state index contributed by atoms with van der Waals surface area (Å²) < 4.78 is 0. The third-order valence-corrected chi connectivity index (χ3v) is 2.42. The van der Waals surface area contributed by atoms with Crippen LogP contribution in [-0.4, -0.2) is 29.5 Å². The zero-order valence-corrected chi connectivity index (χ0v) is 11.7. The standard InChI is InChI=1S/C13H21N5O/c1-13(2,3)17-8-4-7-15-12(19)10-5-6-11(18-14)16-9-10/h5-6,9,14,17H,4,7-8H2,1-3H3,(H,15,19). The van der Waals surface area contributed by atoms with Crippen LogP contribution in [0.2, 0.25) is 0 Å². The molecule has 0 saturated heterocycles. The Labute approximate surface area is 113 Å². The van der Waals surface area contributed by atoms with Gasteiger partial charge in [0.05, 0.1) is 5.56 Å². The number of aromatic nitrogens is 1. The maximum atomic E-state index is 11.8. The molecule has 0 aliphatic heterocycles. The topological polar surface area (TPSA) is 90.2 Å². The first kappa shape index (κ1) is 15.2. The molecule has 0 spiro atoms. The number of carbonyl (C=O) groups excluding carboxylic acids is 1. The number of amides is 1. The normalized spacial score (nSPS) is 11.1. The highest BCUT2D eigenvalue weighted by atomic mass is 16.1. The molecule has 0 fully saturated rings. The summed E-state index contributed by atoms with van der Waals surface area (Å²) in [6, 6.07) is 3.16. The van der Waals surface area contributed by atoms with Crippen molar-refractivity contribution < 1.29 is 4.79 Å². The molecule has 0 atom stereocenters. The lowest BCUT2D eigenvalue weighted by Crippen LogP contribution is -2.37. The van der Waals surface area contributed by atoms with Gasteiger partial charge in [0.25, 0.3) is 5.91 Å². The Bertz CT molecular complexity index is 422. The van der Waals surface area contributed by atoms with Gasteiger partial charge in [0.1, 0.15) is 0 Å². The Balaban J connectivity index is 2.29. The molecular weight excluding hydrogens is 242 g/mol. The molecule has 0 radical (unpaired) electrons. The van der Waals surface area contributed by atoms with Gasteiger partial charge in [-0.3, -0.25) is 4.79 Å². The van der Waals surface area contributed by atoms with Crippen LogP contribution in [0.3, 0.4) is 0 Å².